The maximum Gasteiger partial charge on any atom is 0.314 e. The van der Waals surface area contributed by atoms with Crippen molar-refractivity contribution in [3.63, 3.8) is 0 Å². The van der Waals surface area contributed by atoms with E-state index < -0.39 is 23.9 Å². The maximum absolute atomic E-state index is 10.5. The number of hydrogen-bond donors (Lipinski definition) is 2. The maximum atomic E-state index is 10.5. The molecule has 0 bridgehead atoms. The quantitative estimate of drug-likeness (QED) is 0.584. The van der Waals surface area contributed by atoms with E-state index in [9.17, 15) is 19.2 Å². The van der Waals surface area contributed by atoms with Crippen LogP contribution in [0.4, 0.5) is 0 Å². The number of rotatable bonds is 4. The summed E-state index contributed by atoms with van der Waals surface area (Å²) in [5, 5.41) is 15.7. The van der Waals surface area contributed by atoms with Crippen molar-refractivity contribution < 1.29 is 40.3 Å². The van der Waals surface area contributed by atoms with Gasteiger partial charge in [0.05, 0.1) is 32.3 Å². The van der Waals surface area contributed by atoms with E-state index >= 15 is 0 Å². The summed E-state index contributed by atoms with van der Waals surface area (Å²) in [5.74, 6) is -2.23. The van der Waals surface area contributed by atoms with Crippen molar-refractivity contribution in [3.05, 3.63) is 0 Å². The van der Waals surface area contributed by atoms with Crippen LogP contribution < -0.4 is 0 Å². The van der Waals surface area contributed by atoms with E-state index in [1.165, 1.54) is 0 Å². The first-order chi connectivity index (χ1) is 9.37. The number of carbonyl (C=O) groups excluding carboxylic acids is 3. The van der Waals surface area contributed by atoms with E-state index in [0.29, 0.717) is 6.61 Å². The summed E-state index contributed by atoms with van der Waals surface area (Å²) in [5.41, 5.74) is 0. The van der Waals surface area contributed by atoms with Gasteiger partial charge < -0.3 is 19.7 Å². The molecule has 1 aliphatic rings. The van der Waals surface area contributed by atoms with Crippen molar-refractivity contribution in [2.24, 2.45) is 0 Å². The minimum absolute atomic E-state index is 0. The van der Waals surface area contributed by atoms with Gasteiger partial charge in [-0.3, -0.25) is 19.2 Å². The minimum Gasteiger partial charge on any atom is -0.481 e. The molecule has 0 atom stereocenters. The molecular weight excluding hydrogens is 284 g/mol. The Balaban J connectivity index is -0.000000119. The largest absolute Gasteiger partial charge is 0.481 e. The number of aliphatic hydroxyl groups is 1. The molecule has 1 heterocycles. The van der Waals surface area contributed by atoms with Crippen LogP contribution in [0.2, 0.25) is 0 Å². The number of carboxylic acid groups (broad SMARTS) is 1. The average Bonchev–Trinajstić information content (AvgIpc) is 2.73. The fraction of sp³-hybridized carbons (Fsp3) is 0.692. The van der Waals surface area contributed by atoms with Crippen LogP contribution in [-0.2, 0) is 28.7 Å². The first-order valence-corrected chi connectivity index (χ1v) is 6.09. The van der Waals surface area contributed by atoms with E-state index in [1.807, 2.05) is 0 Å². The molecule has 0 aliphatic carbocycles. The van der Waals surface area contributed by atoms with Crippen molar-refractivity contribution in [1.82, 2.24) is 0 Å². The van der Waals surface area contributed by atoms with Gasteiger partial charge in [-0.15, -0.1) is 0 Å². The van der Waals surface area contributed by atoms with Gasteiger partial charge in [0.15, 0.2) is 0 Å². The van der Waals surface area contributed by atoms with Gasteiger partial charge in [-0.2, -0.15) is 0 Å². The Morgan fingerprint density at radius 1 is 1.19 bits per heavy atom. The summed E-state index contributed by atoms with van der Waals surface area (Å²) in [6.45, 7) is 3.91. The van der Waals surface area contributed by atoms with Gasteiger partial charge in [-0.25, -0.2) is 0 Å². The minimum atomic E-state index is -0.979. The Kier molecular flexibility index (Phi) is 18.5. The molecule has 21 heavy (non-hydrogen) atoms. The molecule has 2 N–H and O–H groups in total. The van der Waals surface area contributed by atoms with Gasteiger partial charge in [0.1, 0.15) is 0 Å². The zero-order valence-corrected chi connectivity index (χ0v) is 11.6. The van der Waals surface area contributed by atoms with E-state index in [0.717, 1.165) is 0 Å². The number of carbonyl (C=O) groups is 4. The lowest BCUT2D eigenvalue weighted by Gasteiger charge is -1.97. The van der Waals surface area contributed by atoms with Crippen molar-refractivity contribution in [2.75, 3.05) is 13.2 Å². The smallest absolute Gasteiger partial charge is 0.314 e. The topological polar surface area (TPSA) is 127 Å². The molecule has 1 aliphatic heterocycles. The van der Waals surface area contributed by atoms with Crippen LogP contribution in [0.15, 0.2) is 0 Å². The van der Waals surface area contributed by atoms with Gasteiger partial charge in [0.25, 0.3) is 0 Å². The van der Waals surface area contributed by atoms with Crippen LogP contribution in [0.3, 0.4) is 0 Å². The second-order valence-corrected chi connectivity index (χ2v) is 3.36. The number of hydrogen-bond acceptors (Lipinski definition) is 7. The van der Waals surface area contributed by atoms with Crippen molar-refractivity contribution in [2.45, 2.75) is 47.0 Å². The number of aliphatic hydroxyl groups excluding tert-OH is 1. The lowest BCUT2D eigenvalue weighted by Crippen LogP contribution is -2.06. The molecule has 0 saturated carbocycles. The van der Waals surface area contributed by atoms with Crippen LogP contribution in [0.1, 0.15) is 48.4 Å². The van der Waals surface area contributed by atoms with Crippen LogP contribution >= 0.6 is 0 Å². The summed E-state index contributed by atoms with van der Waals surface area (Å²) in [6.07, 6.45) is 0.333. The zero-order valence-electron chi connectivity index (χ0n) is 11.6. The fourth-order valence-corrected chi connectivity index (χ4v) is 0.875. The number of cyclic esters (lactones) is 2. The molecule has 0 spiro atoms. The molecule has 8 heteroatoms. The first kappa shape index (κ1) is 24.1. The second-order valence-electron chi connectivity index (χ2n) is 3.36. The monoisotopic (exact) mass is 311 g/mol. The lowest BCUT2D eigenvalue weighted by atomic mass is 10.3. The highest BCUT2D eigenvalue weighted by Gasteiger charge is 2.19. The van der Waals surface area contributed by atoms with Gasteiger partial charge in [0, 0.05) is 8.03 Å². The SMILES string of the molecule is C.CCO.CCOC(=O)CCC(=O)O.O=C1CCC(=O)O1.[2HH]. The first-order valence-electron chi connectivity index (χ1n) is 6.09. The molecule has 0 amide bonds. The Labute approximate surface area is 125 Å². The summed E-state index contributed by atoms with van der Waals surface area (Å²) in [6, 6.07) is 0. The van der Waals surface area contributed by atoms with Gasteiger partial charge >= 0.3 is 23.9 Å². The van der Waals surface area contributed by atoms with Crippen molar-refractivity contribution >= 4 is 23.9 Å². The second kappa shape index (κ2) is 16.1. The molecule has 0 aromatic rings. The molecule has 126 valence electrons. The van der Waals surface area contributed by atoms with Crippen LogP contribution in [0, 0.1) is 0 Å². The molecule has 0 radical (unpaired) electrons. The highest BCUT2D eigenvalue weighted by Crippen LogP contribution is 2.03. The standard InChI is InChI=1S/C6H10O4.C4H4O3.C2H6O.CH4.H2/c1-2-10-6(9)4-3-5(7)8;5-3-1-2-4(6)7-3;1-2-3;;/h2-4H2,1H3,(H,7,8);1-2H2;3H,2H2,1H3;1H4;1H/i;;;;1+1. The molecule has 0 unspecified atom stereocenters. The molecule has 8 nitrogen and oxygen atoms in total. The van der Waals surface area contributed by atoms with Gasteiger partial charge in [0.2, 0.25) is 0 Å². The van der Waals surface area contributed by atoms with E-state index in [4.69, 9.17) is 10.2 Å². The summed E-state index contributed by atoms with van der Waals surface area (Å²) >= 11 is 0. The number of aliphatic carboxylic acids is 1. The Hall–Kier alpha value is -1.96. The molecule has 1 saturated heterocycles. The predicted molar refractivity (Wildman–Crippen MR) is 75.4 cm³/mol. The Bertz CT molecular complexity index is 316. The number of ether oxygens (including phenoxy) is 2. The van der Waals surface area contributed by atoms with Crippen LogP contribution in [0.5, 0.6) is 0 Å². The van der Waals surface area contributed by atoms with E-state index in [1.54, 1.807) is 13.8 Å². The average molecular weight is 311 g/mol. The Morgan fingerprint density at radius 3 is 1.86 bits per heavy atom. The summed E-state index contributed by atoms with van der Waals surface area (Å²) in [7, 11) is 0. The predicted octanol–water partition coefficient (Wildman–Crippen LogP) is 1.14. The number of carboxylic acids is 1. The molecule has 0 aromatic carbocycles. The van der Waals surface area contributed by atoms with E-state index in [-0.39, 0.29) is 41.1 Å². The third-order valence-corrected chi connectivity index (χ3v) is 1.61. The molecule has 1 rings (SSSR count). The van der Waals surface area contributed by atoms with Crippen molar-refractivity contribution in [3.8, 4) is 0 Å². The van der Waals surface area contributed by atoms with Crippen LogP contribution in [-0.4, -0.2) is 47.3 Å². The third-order valence-electron chi connectivity index (χ3n) is 1.61. The summed E-state index contributed by atoms with van der Waals surface area (Å²) in [4.78, 5) is 40.4. The lowest BCUT2D eigenvalue weighted by molar-refractivity contribution is -0.152. The van der Waals surface area contributed by atoms with Crippen LogP contribution in [0.25, 0.3) is 0 Å². The van der Waals surface area contributed by atoms with Gasteiger partial charge in [-0.1, -0.05) is 7.43 Å². The Morgan fingerprint density at radius 2 is 1.62 bits per heavy atom. The third kappa shape index (κ3) is 20.5. The highest BCUT2D eigenvalue weighted by molar-refractivity contribution is 5.92. The molecule has 0 aromatic heterocycles. The fourth-order valence-electron chi connectivity index (χ4n) is 0.875. The van der Waals surface area contributed by atoms with Gasteiger partial charge in [-0.05, 0) is 13.8 Å². The zero-order chi connectivity index (χ0) is 16.0. The van der Waals surface area contributed by atoms with E-state index in [2.05, 4.69) is 9.47 Å². The highest BCUT2D eigenvalue weighted by atomic mass is 16.6. The molecular formula is C13H26O8. The number of esters is 3. The normalized spacial score (nSPS) is 11.8. The van der Waals surface area contributed by atoms with Crippen molar-refractivity contribution in [1.29, 1.82) is 0 Å². The summed E-state index contributed by atoms with van der Waals surface area (Å²) < 4.78 is 8.57. The molecule has 1 fully saturated rings.